The minimum atomic E-state index is -1.42. The van der Waals surface area contributed by atoms with Crippen LogP contribution in [0.4, 0.5) is 4.39 Å². The summed E-state index contributed by atoms with van der Waals surface area (Å²) >= 11 is 0.220. The Hall–Kier alpha value is 0.600. The Balaban J connectivity index is 2.65. The average Bonchev–Trinajstić information content (AvgIpc) is 2.50. The Morgan fingerprint density at radius 1 is 1.71 bits per heavy atom. The highest BCUT2D eigenvalue weighted by Crippen LogP contribution is 2.28. The number of carbonyl (C=O) groups excluding carboxylic acids is 1. The molecule has 1 aliphatic heterocycles. The van der Waals surface area contributed by atoms with E-state index in [-0.39, 0.29) is 10.3 Å². The zero-order chi connectivity index (χ0) is 10.9. The van der Waals surface area contributed by atoms with Gasteiger partial charge < -0.3 is 4.55 Å². The zero-order valence-electron chi connectivity index (χ0n) is 8.13. The molecule has 0 aliphatic carbocycles. The molecule has 14 heavy (non-hydrogen) atoms. The van der Waals surface area contributed by atoms with E-state index in [4.69, 9.17) is 0 Å². The van der Waals surface area contributed by atoms with E-state index in [2.05, 4.69) is 0 Å². The number of alkyl halides is 1. The van der Waals surface area contributed by atoms with Gasteiger partial charge in [0.25, 0.3) is 0 Å². The molecular formula is C8H13FINO2S. The van der Waals surface area contributed by atoms with Gasteiger partial charge in [-0.3, -0.25) is 4.79 Å². The van der Waals surface area contributed by atoms with Crippen LogP contribution in [0.2, 0.25) is 0 Å². The summed E-state index contributed by atoms with van der Waals surface area (Å²) in [4.78, 5) is 11.2. The average molecular weight is 333 g/mol. The molecule has 2 unspecified atom stereocenters. The Kier molecular flexibility index (Phi) is 4.19. The van der Waals surface area contributed by atoms with Crippen molar-refractivity contribution in [3.63, 3.8) is 0 Å². The number of nitrogens with zero attached hydrogens (tertiary/aromatic N) is 1. The highest BCUT2D eigenvalue weighted by Gasteiger charge is 2.45. The lowest BCUT2D eigenvalue weighted by Gasteiger charge is -2.29. The van der Waals surface area contributed by atoms with E-state index in [0.29, 0.717) is 13.0 Å². The third-order valence-electron chi connectivity index (χ3n) is 2.24. The fraction of sp³-hybridized carbons (Fsp3) is 0.875. The molecule has 1 aliphatic rings. The summed E-state index contributed by atoms with van der Waals surface area (Å²) in [6, 6.07) is 0. The summed E-state index contributed by atoms with van der Waals surface area (Å²) in [6.07, 6.45) is -0.490. The maximum absolute atomic E-state index is 12.9. The van der Waals surface area contributed by atoms with Crippen LogP contribution < -0.4 is 0 Å². The molecule has 2 atom stereocenters. The summed E-state index contributed by atoms with van der Waals surface area (Å²) in [5, 5.41) is 0. The molecule has 1 saturated heterocycles. The molecule has 6 heteroatoms. The molecule has 0 radical (unpaired) electrons. The second-order valence-corrected chi connectivity index (χ2v) is 6.82. The van der Waals surface area contributed by atoms with Gasteiger partial charge in [0.05, 0.1) is 17.9 Å². The Morgan fingerprint density at radius 2 is 2.29 bits per heavy atom. The van der Waals surface area contributed by atoms with Crippen molar-refractivity contribution < 1.29 is 13.7 Å². The largest absolute Gasteiger partial charge is 0.597 e. The lowest BCUT2D eigenvalue weighted by molar-refractivity contribution is -0.111. The molecular weight excluding hydrogens is 320 g/mol. The van der Waals surface area contributed by atoms with Crippen LogP contribution in [0.25, 0.3) is 0 Å². The van der Waals surface area contributed by atoms with E-state index in [9.17, 15) is 13.7 Å². The van der Waals surface area contributed by atoms with Crippen LogP contribution in [-0.2, 0) is 16.2 Å². The third kappa shape index (κ3) is 2.59. The first kappa shape index (κ1) is 12.7. The normalized spacial score (nSPS) is 26.5. The topological polar surface area (TPSA) is 43.4 Å². The number of carbonyl (C=O) groups is 1. The molecule has 0 aromatic rings. The molecule has 0 spiro atoms. The predicted molar refractivity (Wildman–Crippen MR) is 62.3 cm³/mol. The van der Waals surface area contributed by atoms with Crippen LogP contribution >= 0.6 is 22.6 Å². The van der Waals surface area contributed by atoms with Gasteiger partial charge in [-0.2, -0.15) is 0 Å². The van der Waals surface area contributed by atoms with Crippen LogP contribution in [-0.4, -0.2) is 36.7 Å². The highest BCUT2D eigenvalue weighted by atomic mass is 127. The van der Waals surface area contributed by atoms with Gasteiger partial charge in [0, 0.05) is 29.1 Å². The first-order valence-electron chi connectivity index (χ1n) is 4.36. The molecule has 0 N–H and O–H groups in total. The van der Waals surface area contributed by atoms with Crippen LogP contribution in [0.5, 0.6) is 0 Å². The van der Waals surface area contributed by atoms with Crippen molar-refractivity contribution in [2.75, 3.05) is 13.1 Å². The molecule has 3 nitrogen and oxygen atoms in total. The smallest absolute Gasteiger partial charge is 0.248 e. The number of rotatable bonds is 3. The minimum absolute atomic E-state index is 0.157. The lowest BCUT2D eigenvalue weighted by Crippen LogP contribution is -2.47. The number of halogens is 2. The quantitative estimate of drug-likeness (QED) is 0.446. The van der Waals surface area contributed by atoms with Gasteiger partial charge in [0.1, 0.15) is 6.17 Å². The predicted octanol–water partition coefficient (Wildman–Crippen LogP) is 1.43. The van der Waals surface area contributed by atoms with Gasteiger partial charge in [-0.1, -0.05) is 0 Å². The highest BCUT2D eigenvalue weighted by molar-refractivity contribution is 14.1. The van der Waals surface area contributed by atoms with Gasteiger partial charge in [-0.05, 0) is 20.3 Å². The van der Waals surface area contributed by atoms with Gasteiger partial charge in [-0.15, -0.1) is 4.31 Å². The van der Waals surface area contributed by atoms with Crippen LogP contribution in [0.15, 0.2) is 0 Å². The fourth-order valence-corrected chi connectivity index (χ4v) is 3.15. The second kappa shape index (κ2) is 4.63. The van der Waals surface area contributed by atoms with Crippen molar-refractivity contribution in [3.8, 4) is 0 Å². The van der Waals surface area contributed by atoms with Gasteiger partial charge in [0.2, 0.25) is 8.54 Å². The second-order valence-electron chi connectivity index (χ2n) is 3.81. The molecule has 1 fully saturated rings. The summed E-state index contributed by atoms with van der Waals surface area (Å²) in [5.41, 5.74) is 0. The standard InChI is InChI=1S/C8H13FINO2S/c1-8(2,7(10)12)14(13)11-4-3-6(9)5-11/h6H,3-5H2,1-2H3. The van der Waals surface area contributed by atoms with Crippen molar-refractivity contribution in [2.45, 2.75) is 31.2 Å². The SMILES string of the molecule is CC(C)(C(=O)I)[S+]([O-])N1CCC(F)C1. The molecule has 1 rings (SSSR count). The van der Waals surface area contributed by atoms with Gasteiger partial charge >= 0.3 is 0 Å². The molecule has 0 saturated carbocycles. The van der Waals surface area contributed by atoms with Crippen molar-refractivity contribution in [1.29, 1.82) is 0 Å². The van der Waals surface area contributed by atoms with E-state index in [0.717, 1.165) is 0 Å². The van der Waals surface area contributed by atoms with E-state index in [1.54, 1.807) is 40.7 Å². The van der Waals surface area contributed by atoms with Crippen LogP contribution in [0, 0.1) is 0 Å². The number of hydrogen-bond acceptors (Lipinski definition) is 3. The monoisotopic (exact) mass is 333 g/mol. The zero-order valence-corrected chi connectivity index (χ0v) is 11.1. The summed E-state index contributed by atoms with van der Waals surface area (Å²) in [7, 11) is 0. The van der Waals surface area contributed by atoms with Gasteiger partial charge in [0.15, 0.2) is 0 Å². The summed E-state index contributed by atoms with van der Waals surface area (Å²) in [5.74, 6) is 0. The molecule has 0 aromatic heterocycles. The molecule has 1 heterocycles. The van der Waals surface area contributed by atoms with E-state index in [1.165, 1.54) is 0 Å². The molecule has 0 amide bonds. The lowest BCUT2D eigenvalue weighted by atomic mass is 10.2. The van der Waals surface area contributed by atoms with Crippen molar-refractivity contribution >= 4 is 37.7 Å². The summed E-state index contributed by atoms with van der Waals surface area (Å²) < 4.78 is 25.2. The van der Waals surface area contributed by atoms with E-state index >= 15 is 0 Å². The third-order valence-corrected chi connectivity index (χ3v) is 5.81. The Morgan fingerprint density at radius 3 is 2.64 bits per heavy atom. The van der Waals surface area contributed by atoms with E-state index in [1.807, 2.05) is 0 Å². The van der Waals surface area contributed by atoms with E-state index < -0.39 is 22.3 Å². The summed E-state index contributed by atoms with van der Waals surface area (Å²) in [6.45, 7) is 3.91. The molecule has 0 bridgehead atoms. The maximum atomic E-state index is 12.9. The van der Waals surface area contributed by atoms with Crippen LogP contribution in [0.1, 0.15) is 20.3 Å². The minimum Gasteiger partial charge on any atom is -0.597 e. The first-order chi connectivity index (χ1) is 6.35. The van der Waals surface area contributed by atoms with Crippen molar-refractivity contribution in [1.82, 2.24) is 4.31 Å². The maximum Gasteiger partial charge on any atom is 0.248 e. The van der Waals surface area contributed by atoms with Gasteiger partial charge in [-0.25, -0.2) is 4.39 Å². The van der Waals surface area contributed by atoms with Crippen molar-refractivity contribution in [3.05, 3.63) is 0 Å². The van der Waals surface area contributed by atoms with Crippen molar-refractivity contribution in [2.24, 2.45) is 0 Å². The molecule has 82 valence electrons. The van der Waals surface area contributed by atoms with Crippen LogP contribution in [0.3, 0.4) is 0 Å². The Labute approximate surface area is 99.9 Å². The first-order valence-corrected chi connectivity index (χ1v) is 6.55. The molecule has 0 aromatic carbocycles. The number of hydrogen-bond donors (Lipinski definition) is 0. The Bertz CT molecular complexity index is 239. The fourth-order valence-electron chi connectivity index (χ4n) is 1.23.